The van der Waals surface area contributed by atoms with Crippen molar-refractivity contribution in [2.24, 2.45) is 0 Å². The third kappa shape index (κ3) is 3.15. The Bertz CT molecular complexity index is 903. The zero-order valence-electron chi connectivity index (χ0n) is 13.6. The number of benzene rings is 1. The molecule has 0 saturated carbocycles. The molecule has 128 valence electrons. The quantitative estimate of drug-likeness (QED) is 0.756. The van der Waals surface area contributed by atoms with Crippen LogP contribution in [0.1, 0.15) is 28.8 Å². The Labute approximate surface area is 148 Å². The highest BCUT2D eigenvalue weighted by atomic mass is 32.1. The highest BCUT2D eigenvalue weighted by Gasteiger charge is 2.34. The first kappa shape index (κ1) is 15.8. The van der Waals surface area contributed by atoms with Gasteiger partial charge in [0.05, 0.1) is 11.7 Å². The van der Waals surface area contributed by atoms with E-state index < -0.39 is 6.04 Å². The van der Waals surface area contributed by atoms with Crippen molar-refractivity contribution in [2.75, 3.05) is 6.54 Å². The molecule has 6 nitrogen and oxygen atoms in total. The van der Waals surface area contributed by atoms with E-state index in [1.54, 1.807) is 28.5 Å². The normalized spacial score (nSPS) is 17.1. The van der Waals surface area contributed by atoms with Gasteiger partial charge in [-0.2, -0.15) is 16.4 Å². The van der Waals surface area contributed by atoms with Gasteiger partial charge in [0, 0.05) is 24.0 Å². The number of fused-ring (bicyclic) bond motifs is 1. The van der Waals surface area contributed by atoms with Gasteiger partial charge in [-0.3, -0.25) is 14.7 Å². The summed E-state index contributed by atoms with van der Waals surface area (Å²) in [6.07, 6.45) is 3.24. The fourth-order valence-electron chi connectivity index (χ4n) is 3.22. The molecule has 0 bridgehead atoms. The Morgan fingerprint density at radius 1 is 1.36 bits per heavy atom. The lowest BCUT2D eigenvalue weighted by atomic mass is 10.1. The van der Waals surface area contributed by atoms with E-state index in [1.165, 1.54) is 0 Å². The van der Waals surface area contributed by atoms with Gasteiger partial charge in [0.1, 0.15) is 6.04 Å². The second-order valence-corrected chi connectivity index (χ2v) is 6.96. The lowest BCUT2D eigenvalue weighted by molar-refractivity contribution is -0.125. The Balaban J connectivity index is 1.48. The number of aromatic nitrogens is 2. The number of carbonyl (C=O) groups excluding carboxylic acids is 2. The number of thiophene rings is 1. The van der Waals surface area contributed by atoms with Crippen LogP contribution in [-0.2, 0) is 11.3 Å². The lowest BCUT2D eigenvalue weighted by Gasteiger charge is -2.24. The van der Waals surface area contributed by atoms with Crippen LogP contribution in [0.15, 0.2) is 41.2 Å². The van der Waals surface area contributed by atoms with Crippen molar-refractivity contribution >= 4 is 34.1 Å². The molecule has 2 amide bonds. The Morgan fingerprint density at radius 2 is 2.28 bits per heavy atom. The summed E-state index contributed by atoms with van der Waals surface area (Å²) in [7, 11) is 0. The smallest absolute Gasteiger partial charge is 0.254 e. The van der Waals surface area contributed by atoms with Crippen LogP contribution in [0, 0.1) is 0 Å². The average Bonchev–Trinajstić information content (AvgIpc) is 3.39. The molecule has 1 unspecified atom stereocenters. The maximum Gasteiger partial charge on any atom is 0.254 e. The number of carbonyl (C=O) groups is 2. The van der Waals surface area contributed by atoms with Crippen molar-refractivity contribution in [2.45, 2.75) is 25.4 Å². The van der Waals surface area contributed by atoms with Gasteiger partial charge in [-0.25, -0.2) is 0 Å². The van der Waals surface area contributed by atoms with Gasteiger partial charge >= 0.3 is 0 Å². The number of likely N-dealkylation sites (tertiary alicyclic amines) is 1. The van der Waals surface area contributed by atoms with Crippen LogP contribution in [0.3, 0.4) is 0 Å². The van der Waals surface area contributed by atoms with E-state index in [4.69, 9.17) is 0 Å². The number of rotatable bonds is 4. The fourth-order valence-corrected chi connectivity index (χ4v) is 3.89. The van der Waals surface area contributed by atoms with Gasteiger partial charge in [0.25, 0.3) is 5.91 Å². The largest absolute Gasteiger partial charge is 0.350 e. The highest BCUT2D eigenvalue weighted by molar-refractivity contribution is 7.07. The van der Waals surface area contributed by atoms with Gasteiger partial charge < -0.3 is 10.2 Å². The van der Waals surface area contributed by atoms with Crippen LogP contribution in [0.25, 0.3) is 10.9 Å². The molecule has 1 atom stereocenters. The lowest BCUT2D eigenvalue weighted by Crippen LogP contribution is -2.45. The second kappa shape index (κ2) is 6.68. The molecule has 4 rings (SSSR count). The monoisotopic (exact) mass is 354 g/mol. The van der Waals surface area contributed by atoms with E-state index in [9.17, 15) is 9.59 Å². The Hall–Kier alpha value is -2.67. The molecular formula is C18H18N4O2S. The van der Waals surface area contributed by atoms with Crippen molar-refractivity contribution in [3.63, 3.8) is 0 Å². The third-order valence-corrected chi connectivity index (χ3v) is 5.28. The summed E-state index contributed by atoms with van der Waals surface area (Å²) in [4.78, 5) is 27.1. The van der Waals surface area contributed by atoms with Crippen molar-refractivity contribution in [1.82, 2.24) is 20.4 Å². The number of aromatic amines is 1. The summed E-state index contributed by atoms with van der Waals surface area (Å²) in [6.45, 7) is 1.11. The molecule has 0 aliphatic carbocycles. The third-order valence-electron chi connectivity index (χ3n) is 4.55. The Morgan fingerprint density at radius 3 is 3.12 bits per heavy atom. The first-order chi connectivity index (χ1) is 12.2. The van der Waals surface area contributed by atoms with E-state index in [2.05, 4.69) is 15.5 Å². The van der Waals surface area contributed by atoms with E-state index in [0.29, 0.717) is 25.1 Å². The highest BCUT2D eigenvalue weighted by Crippen LogP contribution is 2.22. The second-order valence-electron chi connectivity index (χ2n) is 6.18. The molecule has 7 heteroatoms. The molecule has 1 fully saturated rings. The van der Waals surface area contributed by atoms with Gasteiger partial charge in [0.2, 0.25) is 5.91 Å². The van der Waals surface area contributed by atoms with Crippen LogP contribution >= 0.6 is 11.3 Å². The van der Waals surface area contributed by atoms with Crippen molar-refractivity contribution in [3.05, 3.63) is 52.3 Å². The number of hydrogen-bond donors (Lipinski definition) is 2. The fraction of sp³-hybridized carbons (Fsp3) is 0.278. The molecule has 1 aliphatic heterocycles. The summed E-state index contributed by atoms with van der Waals surface area (Å²) in [6, 6.07) is 7.03. The summed E-state index contributed by atoms with van der Waals surface area (Å²) in [5, 5.41) is 14.7. The molecule has 1 saturated heterocycles. The first-order valence-electron chi connectivity index (χ1n) is 8.25. The van der Waals surface area contributed by atoms with Crippen LogP contribution in [0.5, 0.6) is 0 Å². The predicted molar refractivity (Wildman–Crippen MR) is 96.3 cm³/mol. The number of nitrogens with one attached hydrogen (secondary N) is 2. The minimum absolute atomic E-state index is 0.0820. The molecule has 0 radical (unpaired) electrons. The summed E-state index contributed by atoms with van der Waals surface area (Å²) >= 11 is 1.60. The zero-order valence-corrected chi connectivity index (χ0v) is 14.4. The summed E-state index contributed by atoms with van der Waals surface area (Å²) in [5.74, 6) is -0.183. The summed E-state index contributed by atoms with van der Waals surface area (Å²) < 4.78 is 0. The number of nitrogens with zero attached hydrogens (tertiary/aromatic N) is 2. The minimum atomic E-state index is -0.397. The molecule has 3 heterocycles. The molecule has 0 spiro atoms. The predicted octanol–water partition coefficient (Wildman–Crippen LogP) is 2.55. The van der Waals surface area contributed by atoms with Gasteiger partial charge in [-0.15, -0.1) is 0 Å². The molecule has 3 aromatic rings. The SMILES string of the molecule is O=C(NCc1ccsc1)C1CCCN1C(=O)c1ccc2[nH]ncc2c1. The van der Waals surface area contributed by atoms with Crippen LogP contribution in [0.4, 0.5) is 0 Å². The molecular weight excluding hydrogens is 336 g/mol. The number of H-pyrrole nitrogens is 1. The zero-order chi connectivity index (χ0) is 17.2. The molecule has 25 heavy (non-hydrogen) atoms. The van der Waals surface area contributed by atoms with E-state index in [1.807, 2.05) is 29.0 Å². The van der Waals surface area contributed by atoms with Crippen molar-refractivity contribution < 1.29 is 9.59 Å². The van der Waals surface area contributed by atoms with Crippen molar-refractivity contribution in [1.29, 1.82) is 0 Å². The van der Waals surface area contributed by atoms with Gasteiger partial charge in [0.15, 0.2) is 0 Å². The maximum absolute atomic E-state index is 12.9. The van der Waals surface area contributed by atoms with E-state index in [0.717, 1.165) is 22.9 Å². The van der Waals surface area contributed by atoms with Gasteiger partial charge in [-0.05, 0) is 53.4 Å². The maximum atomic E-state index is 12.9. The summed E-state index contributed by atoms with van der Waals surface area (Å²) in [5.41, 5.74) is 2.56. The Kier molecular flexibility index (Phi) is 4.23. The van der Waals surface area contributed by atoms with Crippen LogP contribution in [0.2, 0.25) is 0 Å². The van der Waals surface area contributed by atoms with Crippen LogP contribution in [-0.4, -0.2) is 39.5 Å². The molecule has 2 N–H and O–H groups in total. The average molecular weight is 354 g/mol. The first-order valence-corrected chi connectivity index (χ1v) is 9.19. The minimum Gasteiger partial charge on any atom is -0.350 e. The molecule has 1 aliphatic rings. The van der Waals surface area contributed by atoms with E-state index >= 15 is 0 Å². The topological polar surface area (TPSA) is 78.1 Å². The van der Waals surface area contributed by atoms with Crippen molar-refractivity contribution in [3.8, 4) is 0 Å². The van der Waals surface area contributed by atoms with E-state index in [-0.39, 0.29) is 11.8 Å². The standard InChI is InChI=1S/C18H18N4O2S/c23-17(19-9-12-5-7-25-11-12)16-2-1-6-22(16)18(24)13-3-4-15-14(8-13)10-20-21-15/h3-5,7-8,10-11,16H,1-2,6,9H2,(H,19,23)(H,20,21). The van der Waals surface area contributed by atoms with Crippen LogP contribution < -0.4 is 5.32 Å². The molecule has 1 aromatic carbocycles. The molecule has 2 aromatic heterocycles. The number of amides is 2. The number of hydrogen-bond acceptors (Lipinski definition) is 4. The van der Waals surface area contributed by atoms with Gasteiger partial charge in [-0.1, -0.05) is 0 Å².